The van der Waals surface area contributed by atoms with Crippen molar-refractivity contribution in [3.63, 3.8) is 0 Å². The smallest absolute Gasteiger partial charge is 0.00885 e. The van der Waals surface area contributed by atoms with Gasteiger partial charge in [0.15, 0.2) is 0 Å². The Morgan fingerprint density at radius 1 is 1.36 bits per heavy atom. The van der Waals surface area contributed by atoms with Gasteiger partial charge in [-0.05, 0) is 31.2 Å². The molecule has 1 heteroatoms. The zero-order chi connectivity index (χ0) is 8.69. The van der Waals surface area contributed by atoms with E-state index in [0.29, 0.717) is 5.92 Å². The van der Waals surface area contributed by atoms with E-state index in [4.69, 9.17) is 12.2 Å². The van der Waals surface area contributed by atoms with E-state index in [1.165, 1.54) is 6.42 Å². The third-order valence-corrected chi connectivity index (χ3v) is 1.99. The van der Waals surface area contributed by atoms with Gasteiger partial charge in [-0.3, -0.25) is 0 Å². The van der Waals surface area contributed by atoms with E-state index in [9.17, 15) is 0 Å². The number of nitrogens with two attached hydrogens (primary N) is 1. The molecule has 0 aliphatic carbocycles. The highest BCUT2D eigenvalue weighted by Gasteiger charge is 2.05. The summed E-state index contributed by atoms with van der Waals surface area (Å²) in [7, 11) is 0. The summed E-state index contributed by atoms with van der Waals surface area (Å²) in [6, 6.07) is 0. The van der Waals surface area contributed by atoms with Crippen LogP contribution in [-0.4, -0.2) is 6.54 Å². The van der Waals surface area contributed by atoms with Gasteiger partial charge in [0.25, 0.3) is 0 Å². The summed E-state index contributed by atoms with van der Waals surface area (Å²) in [5.74, 6) is 4.03. The molecule has 0 amide bonds. The molecule has 0 aromatic carbocycles. The monoisotopic (exact) mass is 153 g/mol. The van der Waals surface area contributed by atoms with Crippen molar-refractivity contribution >= 4 is 0 Å². The Hall–Kier alpha value is -0.480. The second-order valence-corrected chi connectivity index (χ2v) is 3.42. The van der Waals surface area contributed by atoms with Gasteiger partial charge in [-0.1, -0.05) is 13.8 Å². The Balaban J connectivity index is 3.37. The minimum absolute atomic E-state index is 0.641. The van der Waals surface area contributed by atoms with Gasteiger partial charge < -0.3 is 5.73 Å². The molecular weight excluding hydrogens is 134 g/mol. The lowest BCUT2D eigenvalue weighted by Crippen LogP contribution is -2.13. The quantitative estimate of drug-likeness (QED) is 0.601. The summed E-state index contributed by atoms with van der Waals surface area (Å²) in [6.07, 6.45) is 8.41. The maximum absolute atomic E-state index is 5.51. The molecule has 0 saturated carbocycles. The fourth-order valence-electron chi connectivity index (χ4n) is 1.23. The van der Waals surface area contributed by atoms with E-state index in [1.807, 2.05) is 0 Å². The number of hydrogen-bond donors (Lipinski definition) is 1. The second-order valence-electron chi connectivity index (χ2n) is 3.42. The molecule has 64 valence electrons. The maximum Gasteiger partial charge on any atom is 0.00885 e. The predicted octanol–water partition coefficient (Wildman–Crippen LogP) is 2.02. The minimum Gasteiger partial charge on any atom is -0.330 e. The number of terminal acetylenes is 1. The van der Waals surface area contributed by atoms with Crippen LogP contribution in [-0.2, 0) is 0 Å². The normalized spacial score (nSPS) is 15.5. The summed E-state index contributed by atoms with van der Waals surface area (Å²) >= 11 is 0. The molecule has 1 nitrogen and oxygen atoms in total. The van der Waals surface area contributed by atoms with Gasteiger partial charge in [-0.15, -0.1) is 12.3 Å². The highest BCUT2D eigenvalue weighted by Crippen LogP contribution is 2.15. The summed E-state index contributed by atoms with van der Waals surface area (Å²) in [5.41, 5.74) is 5.51. The van der Waals surface area contributed by atoms with Crippen LogP contribution in [0.2, 0.25) is 0 Å². The van der Waals surface area contributed by atoms with Crippen molar-refractivity contribution in [2.24, 2.45) is 17.6 Å². The van der Waals surface area contributed by atoms with E-state index < -0.39 is 0 Å². The molecule has 0 heterocycles. The molecule has 0 saturated heterocycles. The van der Waals surface area contributed by atoms with Gasteiger partial charge in [0.1, 0.15) is 0 Å². The van der Waals surface area contributed by atoms with Crippen LogP contribution < -0.4 is 5.73 Å². The molecule has 2 atom stereocenters. The van der Waals surface area contributed by atoms with Gasteiger partial charge >= 0.3 is 0 Å². The van der Waals surface area contributed by atoms with Gasteiger partial charge in [-0.25, -0.2) is 0 Å². The fourth-order valence-corrected chi connectivity index (χ4v) is 1.23. The van der Waals surface area contributed by atoms with Crippen molar-refractivity contribution < 1.29 is 0 Å². The van der Waals surface area contributed by atoms with Crippen molar-refractivity contribution in [1.29, 1.82) is 0 Å². The molecule has 0 aromatic rings. The van der Waals surface area contributed by atoms with Gasteiger partial charge in [-0.2, -0.15) is 0 Å². The van der Waals surface area contributed by atoms with Crippen molar-refractivity contribution in [3.8, 4) is 12.3 Å². The van der Waals surface area contributed by atoms with Crippen molar-refractivity contribution in [2.75, 3.05) is 6.54 Å². The third kappa shape index (κ3) is 5.94. The lowest BCUT2D eigenvalue weighted by molar-refractivity contribution is 0.404. The highest BCUT2D eigenvalue weighted by atomic mass is 14.5. The molecule has 0 bridgehead atoms. The van der Waals surface area contributed by atoms with Gasteiger partial charge in [0.2, 0.25) is 0 Å². The molecule has 11 heavy (non-hydrogen) atoms. The SMILES string of the molecule is C#CCCC(C)CC(C)CN. The van der Waals surface area contributed by atoms with E-state index in [0.717, 1.165) is 25.3 Å². The first kappa shape index (κ1) is 10.5. The Labute approximate surface area is 70.4 Å². The van der Waals surface area contributed by atoms with Crippen LogP contribution in [0.1, 0.15) is 33.1 Å². The van der Waals surface area contributed by atoms with E-state index in [2.05, 4.69) is 19.8 Å². The zero-order valence-corrected chi connectivity index (χ0v) is 7.64. The van der Waals surface area contributed by atoms with Crippen LogP contribution in [0.5, 0.6) is 0 Å². The number of rotatable bonds is 5. The van der Waals surface area contributed by atoms with Crippen LogP contribution in [0.25, 0.3) is 0 Å². The predicted molar refractivity (Wildman–Crippen MR) is 50.1 cm³/mol. The lowest BCUT2D eigenvalue weighted by Gasteiger charge is -2.13. The largest absolute Gasteiger partial charge is 0.330 e. The molecule has 0 aliphatic heterocycles. The number of hydrogen-bond acceptors (Lipinski definition) is 1. The Morgan fingerprint density at radius 2 is 2.00 bits per heavy atom. The van der Waals surface area contributed by atoms with E-state index >= 15 is 0 Å². The minimum atomic E-state index is 0.641. The van der Waals surface area contributed by atoms with Crippen molar-refractivity contribution in [3.05, 3.63) is 0 Å². The standard InChI is InChI=1S/C10H19N/c1-4-5-6-9(2)7-10(3)8-11/h1,9-10H,5-8,11H2,2-3H3. The molecule has 2 N–H and O–H groups in total. The van der Waals surface area contributed by atoms with Crippen LogP contribution in [0.15, 0.2) is 0 Å². The third-order valence-electron chi connectivity index (χ3n) is 1.99. The average Bonchev–Trinajstić information content (AvgIpc) is 2.00. The van der Waals surface area contributed by atoms with Gasteiger partial charge in [0, 0.05) is 6.42 Å². The Bertz CT molecular complexity index is 123. The van der Waals surface area contributed by atoms with E-state index in [1.54, 1.807) is 0 Å². The second kappa shape index (κ2) is 6.24. The topological polar surface area (TPSA) is 26.0 Å². The summed E-state index contributed by atoms with van der Waals surface area (Å²) in [5, 5.41) is 0. The molecule has 2 unspecified atom stereocenters. The van der Waals surface area contributed by atoms with Crippen molar-refractivity contribution in [1.82, 2.24) is 0 Å². The first-order valence-corrected chi connectivity index (χ1v) is 4.34. The van der Waals surface area contributed by atoms with Crippen LogP contribution in [0, 0.1) is 24.2 Å². The van der Waals surface area contributed by atoms with Crippen LogP contribution in [0.4, 0.5) is 0 Å². The summed E-state index contributed by atoms with van der Waals surface area (Å²) in [6.45, 7) is 5.22. The molecule has 0 aromatic heterocycles. The van der Waals surface area contributed by atoms with Crippen LogP contribution in [0.3, 0.4) is 0 Å². The Kier molecular flexibility index (Phi) is 5.97. The molecule has 0 radical (unpaired) electrons. The van der Waals surface area contributed by atoms with Gasteiger partial charge in [0.05, 0.1) is 0 Å². The molecule has 0 rings (SSSR count). The highest BCUT2D eigenvalue weighted by molar-refractivity contribution is 4.83. The summed E-state index contributed by atoms with van der Waals surface area (Å²) in [4.78, 5) is 0. The first-order valence-electron chi connectivity index (χ1n) is 4.34. The molecule has 0 spiro atoms. The first-order chi connectivity index (χ1) is 5.20. The molecule has 0 fully saturated rings. The van der Waals surface area contributed by atoms with Crippen LogP contribution >= 0.6 is 0 Å². The summed E-state index contributed by atoms with van der Waals surface area (Å²) < 4.78 is 0. The maximum atomic E-state index is 5.51. The lowest BCUT2D eigenvalue weighted by atomic mass is 9.94. The molecular formula is C10H19N. The zero-order valence-electron chi connectivity index (χ0n) is 7.64. The Morgan fingerprint density at radius 3 is 2.45 bits per heavy atom. The van der Waals surface area contributed by atoms with Crippen molar-refractivity contribution in [2.45, 2.75) is 33.1 Å². The van der Waals surface area contributed by atoms with E-state index in [-0.39, 0.29) is 0 Å². The molecule has 0 aliphatic rings. The average molecular weight is 153 g/mol. The fraction of sp³-hybridized carbons (Fsp3) is 0.800.